The predicted molar refractivity (Wildman–Crippen MR) is 318 cm³/mol. The SMILES string of the molecule is C.Cc1ccc(F)cc1C(=O)NCc1ccc(-n2nc(C(F)(F)F)c(N)c2C(N)=O)cc1.N#Cc1ccc(-n2nc(C(F)(F)F)c([N+](=O)[O-])c2C(=O)Cl)cc1.N#Cc1ccc(-n2nc(C(F)(F)F)c([N+](=O)[O-])c2C(N)=O)cc1.NCc1ccc(-n2nc(C(F)(F)F)c(N)c2C(N)=O)cc1. The van der Waals surface area contributed by atoms with Gasteiger partial charge >= 0.3 is 36.1 Å². The summed E-state index contributed by atoms with van der Waals surface area (Å²) in [5.74, 6) is -4.72. The second-order valence-corrected chi connectivity index (χ2v) is 19.7. The molecule has 0 aliphatic rings. The molecule has 0 radical (unpaired) electrons. The van der Waals surface area contributed by atoms with Crippen molar-refractivity contribution in [1.29, 1.82) is 10.5 Å². The van der Waals surface area contributed by atoms with Crippen LogP contribution in [0.1, 0.15) is 110 Å². The molecule has 5 aromatic carbocycles. The van der Waals surface area contributed by atoms with Crippen molar-refractivity contribution >= 4 is 63.2 Å². The first kappa shape index (κ1) is 76.9. The fraction of sp³-hybridized carbons (Fsp3) is 0.140. The summed E-state index contributed by atoms with van der Waals surface area (Å²) < 4.78 is 171. The molecule has 99 heavy (non-hydrogen) atoms. The zero-order valence-electron chi connectivity index (χ0n) is 48.7. The van der Waals surface area contributed by atoms with E-state index in [-0.39, 0.29) is 60.0 Å². The minimum absolute atomic E-state index is 0. The number of aryl methyl sites for hydroxylation is 1. The van der Waals surface area contributed by atoms with Gasteiger partial charge < -0.3 is 39.7 Å². The number of primary amides is 3. The smallest absolute Gasteiger partial charge is 0.395 e. The molecule has 0 aliphatic carbocycles. The van der Waals surface area contributed by atoms with E-state index in [2.05, 4.69) is 25.7 Å². The van der Waals surface area contributed by atoms with Crippen LogP contribution >= 0.6 is 11.6 Å². The fourth-order valence-corrected chi connectivity index (χ4v) is 8.61. The Morgan fingerprint density at radius 1 is 0.525 bits per heavy atom. The molecule has 4 aromatic heterocycles. The summed E-state index contributed by atoms with van der Waals surface area (Å²) in [7, 11) is 0. The van der Waals surface area contributed by atoms with Gasteiger partial charge in [0.1, 0.15) is 5.82 Å². The molecule has 4 heterocycles. The molecule has 13 N–H and O–H groups in total. The number of nitrogen functional groups attached to an aromatic ring is 2. The Morgan fingerprint density at radius 3 is 1.15 bits per heavy atom. The lowest BCUT2D eigenvalue weighted by Crippen LogP contribution is -2.23. The minimum Gasteiger partial charge on any atom is -0.395 e. The largest absolute Gasteiger partial charge is 0.442 e. The molecular weight excluding hydrogens is 1380 g/mol. The molecule has 0 unspecified atom stereocenters. The van der Waals surface area contributed by atoms with E-state index in [0.29, 0.717) is 20.5 Å². The zero-order chi connectivity index (χ0) is 73.4. The molecule has 4 amide bonds. The van der Waals surface area contributed by atoms with E-state index in [1.54, 1.807) is 31.2 Å². The molecule has 0 fully saturated rings. The molecule has 9 aromatic rings. The van der Waals surface area contributed by atoms with E-state index >= 15 is 0 Å². The molecule has 42 heteroatoms. The quantitative estimate of drug-likeness (QED) is 0.0230. The highest BCUT2D eigenvalue weighted by Gasteiger charge is 2.48. The molecule has 0 bridgehead atoms. The summed E-state index contributed by atoms with van der Waals surface area (Å²) in [6.45, 7) is 2.02. The van der Waals surface area contributed by atoms with Crippen LogP contribution in [-0.2, 0) is 37.8 Å². The number of hydrogen-bond donors (Lipinski definition) is 7. The first-order valence-corrected chi connectivity index (χ1v) is 26.6. The maximum absolute atomic E-state index is 13.4. The number of nitrogens with two attached hydrogens (primary N) is 6. The molecule has 0 saturated heterocycles. The molecule has 0 atom stereocenters. The van der Waals surface area contributed by atoms with Crippen molar-refractivity contribution in [2.45, 2.75) is 52.1 Å². The number of amides is 4. The minimum atomic E-state index is -5.15. The summed E-state index contributed by atoms with van der Waals surface area (Å²) >= 11 is 5.21. The highest BCUT2D eigenvalue weighted by molar-refractivity contribution is 6.68. The lowest BCUT2D eigenvalue weighted by Gasteiger charge is -2.09. The van der Waals surface area contributed by atoms with Gasteiger partial charge in [-0.2, -0.15) is 83.6 Å². The van der Waals surface area contributed by atoms with E-state index in [9.17, 15) is 101 Å². The maximum atomic E-state index is 13.4. The van der Waals surface area contributed by atoms with Crippen LogP contribution in [0.15, 0.2) is 115 Å². The summed E-state index contributed by atoms with van der Waals surface area (Å²) in [5, 5.41) is 53.4. The number of halogens is 14. The molecule has 9 rings (SSSR count). The number of anilines is 2. The topological polar surface area (TPSA) is 459 Å². The number of benzene rings is 5. The Morgan fingerprint density at radius 2 is 0.838 bits per heavy atom. The van der Waals surface area contributed by atoms with Crippen LogP contribution in [0.4, 0.5) is 79.8 Å². The standard InChI is InChI=1S/C20H17F4N5O2.C12H4ClF3N4O3.C12H6F3N5O3.C12H12F3N5O.CH4/c1-10-2-5-12(21)8-14(10)19(31)27-9-11-3-6-13(7-4-11)29-16(18(26)30)15(25)17(28-29)20(22,23)24;13-11(21)9-8(20(22)23)10(12(14,15)16)18-19(9)7-3-1-6(5-17)2-4-7;13-12(14,15)10-8(20(22)23)9(11(17)21)19(18-10)7-3-1-6(5-16)2-4-7;13-12(14,15)10-8(17)9(11(18)21)20(19-10)7-3-1-6(5-16)2-4-7;/h2-8H,9,25H2,1H3,(H2,26,30)(H,27,31);1-4H;1-4H,(H2,17,21);1-4H,5,16-17H2,(H2,18,21);1H4. The molecule has 518 valence electrons. The summed E-state index contributed by atoms with van der Waals surface area (Å²) in [6, 6.07) is 29.1. The first-order chi connectivity index (χ1) is 45.6. The predicted octanol–water partition coefficient (Wildman–Crippen LogP) is 9.44. The van der Waals surface area contributed by atoms with E-state index in [4.69, 9.17) is 56.5 Å². The number of nitrogens with zero attached hydrogens (tertiary/aromatic N) is 12. The lowest BCUT2D eigenvalue weighted by molar-refractivity contribution is -0.388. The number of nitro groups is 2. The Balaban J connectivity index is 0.000000240. The molecular formula is C57H43ClF13N19O9. The number of carbonyl (C=O) groups excluding carboxylic acids is 5. The molecule has 0 aliphatic heterocycles. The maximum Gasteiger partial charge on any atom is 0.442 e. The third-order valence-corrected chi connectivity index (χ3v) is 13.0. The summed E-state index contributed by atoms with van der Waals surface area (Å²) in [6.07, 6.45) is -19.9. The van der Waals surface area contributed by atoms with Gasteiger partial charge in [0.05, 0.1) is 67.2 Å². The van der Waals surface area contributed by atoms with Crippen LogP contribution in [0, 0.1) is 55.6 Å². The van der Waals surface area contributed by atoms with Gasteiger partial charge in [-0.15, -0.1) is 0 Å². The van der Waals surface area contributed by atoms with Gasteiger partial charge in [0.2, 0.25) is 22.8 Å². The van der Waals surface area contributed by atoms with Crippen molar-refractivity contribution < 1.29 is 90.9 Å². The number of alkyl halides is 12. The number of nitrogens with one attached hydrogen (secondary N) is 1. The number of aromatic nitrogens is 8. The van der Waals surface area contributed by atoms with Gasteiger partial charge in [0.15, 0.2) is 22.8 Å². The van der Waals surface area contributed by atoms with Crippen molar-refractivity contribution in [1.82, 2.24) is 44.4 Å². The van der Waals surface area contributed by atoms with Gasteiger partial charge in [0, 0.05) is 18.7 Å². The lowest BCUT2D eigenvalue weighted by atomic mass is 10.1. The fourth-order valence-electron chi connectivity index (χ4n) is 8.44. The van der Waals surface area contributed by atoms with Crippen LogP contribution < -0.4 is 39.7 Å². The van der Waals surface area contributed by atoms with Crippen molar-refractivity contribution in [3.05, 3.63) is 220 Å². The second-order valence-electron chi connectivity index (χ2n) is 19.3. The van der Waals surface area contributed by atoms with E-state index in [0.717, 1.165) is 21.0 Å². The average Bonchev–Trinajstić information content (AvgIpc) is 1.65. The van der Waals surface area contributed by atoms with Crippen LogP contribution in [0.25, 0.3) is 22.7 Å². The van der Waals surface area contributed by atoms with E-state index < -0.39 is 138 Å². The van der Waals surface area contributed by atoms with Gasteiger partial charge in [-0.3, -0.25) is 44.2 Å². The monoisotopic (exact) mass is 1420 g/mol. The summed E-state index contributed by atoms with van der Waals surface area (Å²) in [4.78, 5) is 77.2. The van der Waals surface area contributed by atoms with Gasteiger partial charge in [-0.05, 0) is 120 Å². The van der Waals surface area contributed by atoms with Crippen molar-refractivity contribution in [3.63, 3.8) is 0 Å². The van der Waals surface area contributed by atoms with Crippen LogP contribution in [-0.4, -0.2) is 77.8 Å². The van der Waals surface area contributed by atoms with Crippen molar-refractivity contribution in [2.75, 3.05) is 11.5 Å². The Labute approximate surface area is 549 Å². The Hall–Kier alpha value is -12.8. The average molecular weight is 1420 g/mol. The van der Waals surface area contributed by atoms with E-state index in [1.165, 1.54) is 97.1 Å². The number of hydrogen-bond acceptors (Lipinski definition) is 18. The first-order valence-electron chi connectivity index (χ1n) is 26.2. The summed E-state index contributed by atoms with van der Waals surface area (Å²) in [5.41, 5.74) is 20.0. The van der Waals surface area contributed by atoms with Crippen molar-refractivity contribution in [2.24, 2.45) is 22.9 Å². The highest BCUT2D eigenvalue weighted by Crippen LogP contribution is 2.41. The third-order valence-electron chi connectivity index (χ3n) is 12.9. The number of nitriles is 2. The highest BCUT2D eigenvalue weighted by atomic mass is 35.5. The Kier molecular flexibility index (Phi) is 23.5. The Bertz CT molecular complexity index is 4530. The van der Waals surface area contributed by atoms with Crippen molar-refractivity contribution in [3.8, 4) is 34.9 Å². The van der Waals surface area contributed by atoms with Crippen LogP contribution in [0.2, 0.25) is 0 Å². The zero-order valence-corrected chi connectivity index (χ0v) is 49.4. The van der Waals surface area contributed by atoms with Crippen LogP contribution in [0.3, 0.4) is 0 Å². The van der Waals surface area contributed by atoms with Gasteiger partial charge in [-0.25, -0.2) is 23.1 Å². The van der Waals surface area contributed by atoms with Gasteiger partial charge in [0.25, 0.3) is 28.9 Å². The van der Waals surface area contributed by atoms with Crippen LogP contribution in [0.5, 0.6) is 0 Å². The second kappa shape index (κ2) is 30.3. The number of carbonyl (C=O) groups is 5. The van der Waals surface area contributed by atoms with Gasteiger partial charge in [-0.1, -0.05) is 37.8 Å². The number of rotatable bonds is 14. The third kappa shape index (κ3) is 17.6. The molecule has 28 nitrogen and oxygen atoms in total. The molecule has 0 spiro atoms. The molecule has 0 saturated carbocycles. The normalized spacial score (nSPS) is 11.2. The van der Waals surface area contributed by atoms with E-state index in [1.807, 2.05) is 0 Å².